The predicted molar refractivity (Wildman–Crippen MR) is 84.8 cm³/mol. The van der Waals surface area contributed by atoms with Crippen LogP contribution < -0.4 is 21.5 Å². The lowest BCUT2D eigenvalue weighted by Crippen LogP contribution is -2.17. The number of para-hydroxylation sites is 2. The van der Waals surface area contributed by atoms with Gasteiger partial charge in [-0.2, -0.15) is 0 Å². The van der Waals surface area contributed by atoms with E-state index in [-0.39, 0.29) is 0 Å². The van der Waals surface area contributed by atoms with E-state index in [1.807, 2.05) is 12.1 Å². The van der Waals surface area contributed by atoms with Gasteiger partial charge in [0.15, 0.2) is 0 Å². The molecular formula is C15H16ClN3O2. The third kappa shape index (κ3) is 4.03. The second-order valence-electron chi connectivity index (χ2n) is 4.37. The number of carbonyl (C=O) groups excluding carboxylic acids is 1. The maximum atomic E-state index is 11.3. The number of carbonyl (C=O) groups is 1. The van der Waals surface area contributed by atoms with Crippen molar-refractivity contribution in [3.63, 3.8) is 0 Å². The standard InChI is InChI=1S/C15H16ClN3O2/c16-10-5-6-11(15(18)20)13(9-10)19-7-8-21-14-4-2-1-3-12(14)17/h1-6,9,19H,7-8,17H2,(H2,18,20). The van der Waals surface area contributed by atoms with E-state index in [1.165, 1.54) is 0 Å². The van der Waals surface area contributed by atoms with E-state index < -0.39 is 5.91 Å². The van der Waals surface area contributed by atoms with Crippen molar-refractivity contribution in [2.24, 2.45) is 5.73 Å². The molecule has 1 amide bonds. The summed E-state index contributed by atoms with van der Waals surface area (Å²) in [5.41, 5.74) is 12.6. The lowest BCUT2D eigenvalue weighted by molar-refractivity contribution is 0.100. The average molecular weight is 306 g/mol. The third-order valence-corrected chi connectivity index (χ3v) is 3.08. The van der Waals surface area contributed by atoms with Crippen molar-refractivity contribution in [3.8, 4) is 5.75 Å². The quantitative estimate of drug-likeness (QED) is 0.565. The van der Waals surface area contributed by atoms with Crippen LogP contribution in [0.1, 0.15) is 10.4 Å². The van der Waals surface area contributed by atoms with Crippen LogP contribution in [0.5, 0.6) is 5.75 Å². The first-order valence-corrected chi connectivity index (χ1v) is 6.76. The number of hydrogen-bond donors (Lipinski definition) is 3. The molecule has 0 atom stereocenters. The molecular weight excluding hydrogens is 290 g/mol. The Morgan fingerprint density at radius 1 is 1.24 bits per heavy atom. The first-order valence-electron chi connectivity index (χ1n) is 6.38. The van der Waals surface area contributed by atoms with Crippen molar-refractivity contribution in [3.05, 3.63) is 53.1 Å². The van der Waals surface area contributed by atoms with E-state index in [9.17, 15) is 4.79 Å². The molecule has 0 aliphatic carbocycles. The number of hydrogen-bond acceptors (Lipinski definition) is 4. The maximum Gasteiger partial charge on any atom is 0.250 e. The molecule has 0 fully saturated rings. The van der Waals surface area contributed by atoms with Crippen LogP contribution in [0.3, 0.4) is 0 Å². The lowest BCUT2D eigenvalue weighted by Gasteiger charge is -2.12. The number of ether oxygens (including phenoxy) is 1. The Balaban J connectivity index is 1.93. The molecule has 0 saturated heterocycles. The summed E-state index contributed by atoms with van der Waals surface area (Å²) in [6.45, 7) is 0.869. The summed E-state index contributed by atoms with van der Waals surface area (Å²) in [6.07, 6.45) is 0. The average Bonchev–Trinajstić information content (AvgIpc) is 2.45. The molecule has 0 saturated carbocycles. The number of amides is 1. The molecule has 6 heteroatoms. The van der Waals surface area contributed by atoms with Crippen LogP contribution in [0.2, 0.25) is 5.02 Å². The predicted octanol–water partition coefficient (Wildman–Crippen LogP) is 2.51. The molecule has 0 aliphatic heterocycles. The number of nitrogens with two attached hydrogens (primary N) is 2. The minimum atomic E-state index is -0.512. The van der Waals surface area contributed by atoms with E-state index in [2.05, 4.69) is 5.32 Å². The Morgan fingerprint density at radius 3 is 2.71 bits per heavy atom. The van der Waals surface area contributed by atoms with E-state index in [4.69, 9.17) is 27.8 Å². The highest BCUT2D eigenvalue weighted by atomic mass is 35.5. The van der Waals surface area contributed by atoms with Gasteiger partial charge in [-0.15, -0.1) is 0 Å². The highest BCUT2D eigenvalue weighted by Gasteiger charge is 2.08. The molecule has 2 aromatic carbocycles. The maximum absolute atomic E-state index is 11.3. The van der Waals surface area contributed by atoms with Crippen LogP contribution in [0, 0.1) is 0 Å². The van der Waals surface area contributed by atoms with Crippen molar-refractivity contribution in [2.45, 2.75) is 0 Å². The van der Waals surface area contributed by atoms with Crippen molar-refractivity contribution in [1.29, 1.82) is 0 Å². The summed E-state index contributed by atoms with van der Waals surface area (Å²) >= 11 is 5.91. The van der Waals surface area contributed by atoms with Gasteiger partial charge in [0.2, 0.25) is 0 Å². The number of rotatable bonds is 6. The fourth-order valence-corrected chi connectivity index (χ4v) is 2.01. The van der Waals surface area contributed by atoms with Gasteiger partial charge < -0.3 is 21.5 Å². The molecule has 0 unspecified atom stereocenters. The van der Waals surface area contributed by atoms with Gasteiger partial charge in [-0.1, -0.05) is 23.7 Å². The van der Waals surface area contributed by atoms with Crippen LogP contribution >= 0.6 is 11.6 Å². The van der Waals surface area contributed by atoms with Crippen LogP contribution in [0.15, 0.2) is 42.5 Å². The molecule has 5 nitrogen and oxygen atoms in total. The van der Waals surface area contributed by atoms with Crippen molar-refractivity contribution in [2.75, 3.05) is 24.2 Å². The van der Waals surface area contributed by atoms with Crippen molar-refractivity contribution >= 4 is 28.9 Å². The Kier molecular flexibility index (Phi) is 4.90. The molecule has 2 aromatic rings. The summed E-state index contributed by atoms with van der Waals surface area (Å²) in [5.74, 6) is 0.114. The van der Waals surface area contributed by atoms with Gasteiger partial charge in [-0.25, -0.2) is 0 Å². The molecule has 0 bridgehead atoms. The second kappa shape index (κ2) is 6.85. The van der Waals surface area contributed by atoms with Gasteiger partial charge in [0, 0.05) is 17.3 Å². The lowest BCUT2D eigenvalue weighted by atomic mass is 10.1. The Morgan fingerprint density at radius 2 is 2.00 bits per heavy atom. The van der Waals surface area contributed by atoms with E-state index in [1.54, 1.807) is 30.3 Å². The summed E-state index contributed by atoms with van der Waals surface area (Å²) in [6, 6.07) is 12.1. The van der Waals surface area contributed by atoms with Gasteiger partial charge in [0.25, 0.3) is 5.91 Å². The summed E-state index contributed by atoms with van der Waals surface area (Å²) in [4.78, 5) is 11.3. The van der Waals surface area contributed by atoms with Gasteiger partial charge >= 0.3 is 0 Å². The zero-order valence-corrected chi connectivity index (χ0v) is 12.1. The smallest absolute Gasteiger partial charge is 0.250 e. The molecule has 0 spiro atoms. The first kappa shape index (κ1) is 15.0. The van der Waals surface area contributed by atoms with E-state index >= 15 is 0 Å². The third-order valence-electron chi connectivity index (χ3n) is 2.84. The normalized spacial score (nSPS) is 10.1. The number of anilines is 2. The van der Waals surface area contributed by atoms with E-state index in [0.29, 0.717) is 40.9 Å². The fourth-order valence-electron chi connectivity index (χ4n) is 1.84. The van der Waals surface area contributed by atoms with Crippen LogP contribution in [-0.4, -0.2) is 19.1 Å². The monoisotopic (exact) mass is 305 g/mol. The van der Waals surface area contributed by atoms with Crippen LogP contribution in [-0.2, 0) is 0 Å². The topological polar surface area (TPSA) is 90.4 Å². The molecule has 21 heavy (non-hydrogen) atoms. The summed E-state index contributed by atoms with van der Waals surface area (Å²) in [5, 5.41) is 3.60. The fraction of sp³-hybridized carbons (Fsp3) is 0.133. The zero-order valence-electron chi connectivity index (χ0n) is 11.3. The molecule has 0 aromatic heterocycles. The Bertz CT molecular complexity index is 647. The number of nitrogen functional groups attached to an aromatic ring is 1. The molecule has 5 N–H and O–H groups in total. The number of primary amides is 1. The minimum absolute atomic E-state index is 0.388. The number of nitrogens with one attached hydrogen (secondary N) is 1. The largest absolute Gasteiger partial charge is 0.490 e. The van der Waals surface area contributed by atoms with Gasteiger partial charge in [-0.3, -0.25) is 4.79 Å². The second-order valence-corrected chi connectivity index (χ2v) is 4.80. The van der Waals surface area contributed by atoms with Crippen LogP contribution in [0.4, 0.5) is 11.4 Å². The summed E-state index contributed by atoms with van der Waals surface area (Å²) < 4.78 is 5.55. The molecule has 0 heterocycles. The van der Waals surface area contributed by atoms with Crippen molar-refractivity contribution < 1.29 is 9.53 Å². The SMILES string of the molecule is NC(=O)c1ccc(Cl)cc1NCCOc1ccccc1N. The highest BCUT2D eigenvalue weighted by molar-refractivity contribution is 6.31. The molecule has 0 radical (unpaired) electrons. The summed E-state index contributed by atoms with van der Waals surface area (Å²) in [7, 11) is 0. The molecule has 2 rings (SSSR count). The van der Waals surface area contributed by atoms with Crippen LogP contribution in [0.25, 0.3) is 0 Å². The van der Waals surface area contributed by atoms with Gasteiger partial charge in [0.05, 0.1) is 11.3 Å². The number of benzene rings is 2. The zero-order chi connectivity index (χ0) is 15.2. The Labute approximate surface area is 127 Å². The highest BCUT2D eigenvalue weighted by Crippen LogP contribution is 2.21. The Hall–Kier alpha value is -2.40. The van der Waals surface area contributed by atoms with E-state index in [0.717, 1.165) is 0 Å². The van der Waals surface area contributed by atoms with Gasteiger partial charge in [0.1, 0.15) is 12.4 Å². The van der Waals surface area contributed by atoms with Crippen molar-refractivity contribution in [1.82, 2.24) is 0 Å². The van der Waals surface area contributed by atoms with Gasteiger partial charge in [-0.05, 0) is 30.3 Å². The first-order chi connectivity index (χ1) is 10.1. The number of halogens is 1. The molecule has 0 aliphatic rings. The minimum Gasteiger partial charge on any atom is -0.490 e. The molecule has 110 valence electrons.